The fourth-order valence-corrected chi connectivity index (χ4v) is 2.32. The minimum Gasteiger partial charge on any atom is -0.496 e. The standard InChI is InChI=1S/C14H14ClIN2O3/c1-7-12(16)13(15)18-14(17-7)11-9(20-3)5-8(19-2)6-10(11)21-4/h5-6H,1-4H3. The highest BCUT2D eigenvalue weighted by Crippen LogP contribution is 2.41. The SMILES string of the molecule is COc1cc(OC)c(-c2nc(C)c(I)c(Cl)n2)c(OC)c1. The molecule has 0 N–H and O–H groups in total. The molecule has 0 saturated carbocycles. The summed E-state index contributed by atoms with van der Waals surface area (Å²) in [5, 5.41) is 0.401. The van der Waals surface area contributed by atoms with E-state index >= 15 is 0 Å². The molecule has 2 aromatic rings. The van der Waals surface area contributed by atoms with Crippen molar-refractivity contribution in [3.8, 4) is 28.6 Å². The van der Waals surface area contributed by atoms with Crippen LogP contribution in [0, 0.1) is 10.5 Å². The van der Waals surface area contributed by atoms with Gasteiger partial charge in [-0.05, 0) is 29.5 Å². The molecule has 1 heterocycles. The normalized spacial score (nSPS) is 10.4. The Kier molecular flexibility index (Phi) is 5.10. The van der Waals surface area contributed by atoms with Crippen molar-refractivity contribution < 1.29 is 14.2 Å². The second-order valence-corrected chi connectivity index (χ2v) is 5.58. The van der Waals surface area contributed by atoms with Gasteiger partial charge in [-0.15, -0.1) is 0 Å². The van der Waals surface area contributed by atoms with E-state index in [1.54, 1.807) is 33.5 Å². The number of hydrogen-bond acceptors (Lipinski definition) is 5. The molecule has 21 heavy (non-hydrogen) atoms. The minimum atomic E-state index is 0.401. The average molecular weight is 421 g/mol. The quantitative estimate of drug-likeness (QED) is 0.557. The van der Waals surface area contributed by atoms with Gasteiger partial charge in [0.25, 0.3) is 0 Å². The maximum atomic E-state index is 6.15. The Morgan fingerprint density at radius 2 is 1.57 bits per heavy atom. The van der Waals surface area contributed by atoms with Gasteiger partial charge >= 0.3 is 0 Å². The molecule has 7 heteroatoms. The zero-order valence-corrected chi connectivity index (χ0v) is 14.9. The predicted molar refractivity (Wildman–Crippen MR) is 89.6 cm³/mol. The summed E-state index contributed by atoms with van der Waals surface area (Å²) in [5.41, 5.74) is 1.44. The Morgan fingerprint density at radius 3 is 2.00 bits per heavy atom. The Labute approximate surface area is 141 Å². The van der Waals surface area contributed by atoms with Gasteiger partial charge in [0, 0.05) is 12.1 Å². The van der Waals surface area contributed by atoms with Crippen molar-refractivity contribution in [2.24, 2.45) is 0 Å². The van der Waals surface area contributed by atoms with E-state index in [-0.39, 0.29) is 0 Å². The second kappa shape index (κ2) is 6.65. The first-order valence-corrected chi connectivity index (χ1v) is 7.47. The molecule has 0 bridgehead atoms. The number of aryl methyl sites for hydroxylation is 1. The Bertz CT molecular complexity index is 631. The monoisotopic (exact) mass is 420 g/mol. The Hall–Kier alpha value is -1.28. The Balaban J connectivity index is 2.73. The van der Waals surface area contributed by atoms with Crippen LogP contribution in [0.4, 0.5) is 0 Å². The van der Waals surface area contributed by atoms with Crippen LogP contribution in [0.25, 0.3) is 11.4 Å². The molecule has 5 nitrogen and oxygen atoms in total. The van der Waals surface area contributed by atoms with Gasteiger partial charge in [-0.3, -0.25) is 0 Å². The summed E-state index contributed by atoms with van der Waals surface area (Å²) in [5.74, 6) is 2.20. The van der Waals surface area contributed by atoms with Crippen molar-refractivity contribution in [2.75, 3.05) is 21.3 Å². The van der Waals surface area contributed by atoms with E-state index in [1.807, 2.05) is 6.92 Å². The predicted octanol–water partition coefficient (Wildman–Crippen LogP) is 3.74. The summed E-state index contributed by atoms with van der Waals surface area (Å²) in [6.07, 6.45) is 0. The fraction of sp³-hybridized carbons (Fsp3) is 0.286. The molecular formula is C14H14ClIN2O3. The minimum absolute atomic E-state index is 0.401. The highest BCUT2D eigenvalue weighted by atomic mass is 127. The number of halogens is 2. The van der Waals surface area contributed by atoms with Gasteiger partial charge in [-0.25, -0.2) is 9.97 Å². The molecule has 0 aliphatic rings. The topological polar surface area (TPSA) is 53.5 Å². The van der Waals surface area contributed by atoms with Crippen LogP contribution in [-0.2, 0) is 0 Å². The summed E-state index contributed by atoms with van der Waals surface area (Å²) in [6.45, 7) is 1.88. The second-order valence-electron chi connectivity index (χ2n) is 4.14. The van der Waals surface area contributed by atoms with Gasteiger partial charge in [0.05, 0.1) is 30.6 Å². The molecule has 0 fully saturated rings. The number of ether oxygens (including phenoxy) is 3. The lowest BCUT2D eigenvalue weighted by molar-refractivity contribution is 0.377. The van der Waals surface area contributed by atoms with Crippen molar-refractivity contribution >= 4 is 34.2 Å². The maximum Gasteiger partial charge on any atom is 0.168 e. The third kappa shape index (κ3) is 3.16. The van der Waals surface area contributed by atoms with E-state index < -0.39 is 0 Å². The fourth-order valence-electron chi connectivity index (χ4n) is 1.86. The summed E-state index contributed by atoms with van der Waals surface area (Å²) in [4.78, 5) is 8.80. The number of benzene rings is 1. The summed E-state index contributed by atoms with van der Waals surface area (Å²) >= 11 is 8.27. The van der Waals surface area contributed by atoms with Gasteiger partial charge in [-0.2, -0.15) is 0 Å². The maximum absolute atomic E-state index is 6.15. The number of nitrogens with zero attached hydrogens (tertiary/aromatic N) is 2. The van der Waals surface area contributed by atoms with E-state index in [1.165, 1.54) is 0 Å². The highest BCUT2D eigenvalue weighted by molar-refractivity contribution is 14.1. The molecule has 112 valence electrons. The van der Waals surface area contributed by atoms with Crippen LogP contribution in [0.2, 0.25) is 5.15 Å². The van der Waals surface area contributed by atoms with Crippen LogP contribution in [0.3, 0.4) is 0 Å². The zero-order chi connectivity index (χ0) is 15.6. The van der Waals surface area contributed by atoms with Crippen LogP contribution < -0.4 is 14.2 Å². The van der Waals surface area contributed by atoms with Gasteiger partial charge < -0.3 is 14.2 Å². The molecule has 0 spiro atoms. The van der Waals surface area contributed by atoms with E-state index in [4.69, 9.17) is 25.8 Å². The number of methoxy groups -OCH3 is 3. The number of rotatable bonds is 4. The van der Waals surface area contributed by atoms with Crippen molar-refractivity contribution in [1.82, 2.24) is 9.97 Å². The third-order valence-corrected chi connectivity index (χ3v) is 4.80. The molecule has 2 rings (SSSR count). The largest absolute Gasteiger partial charge is 0.496 e. The zero-order valence-electron chi connectivity index (χ0n) is 12.0. The lowest BCUT2D eigenvalue weighted by Crippen LogP contribution is -2.01. The molecule has 1 aromatic heterocycles. The van der Waals surface area contributed by atoms with Crippen molar-refractivity contribution in [3.63, 3.8) is 0 Å². The lowest BCUT2D eigenvalue weighted by atomic mass is 10.1. The van der Waals surface area contributed by atoms with Crippen molar-refractivity contribution in [2.45, 2.75) is 6.92 Å². The smallest absolute Gasteiger partial charge is 0.168 e. The lowest BCUT2D eigenvalue weighted by Gasteiger charge is -2.15. The van der Waals surface area contributed by atoms with Crippen LogP contribution in [0.1, 0.15) is 5.69 Å². The summed E-state index contributed by atoms with van der Waals surface area (Å²) in [6, 6.07) is 3.50. The van der Waals surface area contributed by atoms with Gasteiger partial charge in [0.1, 0.15) is 28.0 Å². The average Bonchev–Trinajstić information content (AvgIpc) is 2.50. The molecule has 0 aliphatic carbocycles. The van der Waals surface area contributed by atoms with Gasteiger partial charge in [0.15, 0.2) is 5.82 Å². The van der Waals surface area contributed by atoms with E-state index in [0.29, 0.717) is 33.8 Å². The summed E-state index contributed by atoms with van der Waals surface area (Å²) < 4.78 is 16.9. The van der Waals surface area contributed by atoms with Crippen molar-refractivity contribution in [1.29, 1.82) is 0 Å². The van der Waals surface area contributed by atoms with E-state index in [0.717, 1.165) is 9.26 Å². The number of aromatic nitrogens is 2. The third-order valence-electron chi connectivity index (χ3n) is 2.92. The van der Waals surface area contributed by atoms with Crippen LogP contribution in [0.15, 0.2) is 12.1 Å². The van der Waals surface area contributed by atoms with Gasteiger partial charge in [-0.1, -0.05) is 11.6 Å². The van der Waals surface area contributed by atoms with E-state index in [2.05, 4.69) is 32.6 Å². The molecule has 0 atom stereocenters. The summed E-state index contributed by atoms with van der Waals surface area (Å²) in [7, 11) is 4.72. The first-order valence-electron chi connectivity index (χ1n) is 6.01. The van der Waals surface area contributed by atoms with Crippen molar-refractivity contribution in [3.05, 3.63) is 26.5 Å². The molecule has 0 radical (unpaired) electrons. The first kappa shape index (κ1) is 16.1. The van der Waals surface area contributed by atoms with Crippen LogP contribution >= 0.6 is 34.2 Å². The molecule has 0 amide bonds. The Morgan fingerprint density at radius 1 is 1.00 bits per heavy atom. The van der Waals surface area contributed by atoms with Crippen LogP contribution in [0.5, 0.6) is 17.2 Å². The van der Waals surface area contributed by atoms with Gasteiger partial charge in [0.2, 0.25) is 0 Å². The highest BCUT2D eigenvalue weighted by Gasteiger charge is 2.19. The molecule has 1 aromatic carbocycles. The molecule has 0 unspecified atom stereocenters. The molecular weight excluding hydrogens is 407 g/mol. The number of hydrogen-bond donors (Lipinski definition) is 0. The first-order chi connectivity index (χ1) is 10.0. The van der Waals surface area contributed by atoms with E-state index in [9.17, 15) is 0 Å². The molecule has 0 saturated heterocycles. The van der Waals surface area contributed by atoms with Crippen LogP contribution in [-0.4, -0.2) is 31.3 Å². The molecule has 0 aliphatic heterocycles.